The quantitative estimate of drug-likeness (QED) is 0.516. The molecule has 0 radical (unpaired) electrons. The summed E-state index contributed by atoms with van der Waals surface area (Å²) in [7, 11) is 0. The molecule has 0 saturated heterocycles. The lowest BCUT2D eigenvalue weighted by molar-refractivity contribution is 0.666. The molecule has 1 atom stereocenters. The van der Waals surface area contributed by atoms with Crippen LogP contribution in [-0.2, 0) is 0 Å². The lowest BCUT2D eigenvalue weighted by atomic mass is 10.0. The Morgan fingerprint density at radius 2 is 1.94 bits per heavy atom. The summed E-state index contributed by atoms with van der Waals surface area (Å²) in [4.78, 5) is 4.43. The molecule has 1 unspecified atom stereocenters. The van der Waals surface area contributed by atoms with Crippen molar-refractivity contribution in [1.82, 2.24) is 0 Å². The molecule has 0 aliphatic carbocycles. The second-order valence-electron chi connectivity index (χ2n) is 4.74. The van der Waals surface area contributed by atoms with Crippen LogP contribution in [0.25, 0.3) is 0 Å². The molecule has 2 heteroatoms. The number of unbranched alkanes of at least 4 members (excludes halogenated alkanes) is 3. The summed E-state index contributed by atoms with van der Waals surface area (Å²) in [6, 6.07) is 10.4. The molecule has 18 heavy (non-hydrogen) atoms. The summed E-state index contributed by atoms with van der Waals surface area (Å²) in [6.07, 6.45) is 9.12. The van der Waals surface area contributed by atoms with Gasteiger partial charge in [-0.25, -0.2) is 0 Å². The van der Waals surface area contributed by atoms with Gasteiger partial charge < -0.3 is 5.73 Å². The van der Waals surface area contributed by atoms with Crippen molar-refractivity contribution in [3.05, 3.63) is 35.9 Å². The lowest BCUT2D eigenvalue weighted by Crippen LogP contribution is -2.09. The van der Waals surface area contributed by atoms with E-state index in [1.54, 1.807) is 0 Å². The summed E-state index contributed by atoms with van der Waals surface area (Å²) in [5, 5.41) is 0. The van der Waals surface area contributed by atoms with Gasteiger partial charge in [0.1, 0.15) is 0 Å². The molecule has 0 spiro atoms. The average molecular weight is 246 g/mol. The monoisotopic (exact) mass is 246 g/mol. The zero-order valence-electron chi connectivity index (χ0n) is 11.5. The number of rotatable bonds is 9. The number of hydrogen-bond acceptors (Lipinski definition) is 2. The van der Waals surface area contributed by atoms with E-state index in [9.17, 15) is 0 Å². The van der Waals surface area contributed by atoms with E-state index in [-0.39, 0.29) is 6.04 Å². The minimum Gasteiger partial charge on any atom is -0.324 e. The molecule has 1 aromatic rings. The van der Waals surface area contributed by atoms with E-state index in [1.165, 1.54) is 31.2 Å². The van der Waals surface area contributed by atoms with Crippen LogP contribution >= 0.6 is 0 Å². The summed E-state index contributed by atoms with van der Waals surface area (Å²) in [5.41, 5.74) is 7.33. The lowest BCUT2D eigenvalue weighted by Gasteiger charge is -2.09. The SMILES string of the molecule is CCCCCCN=CCCC(N)c1ccccc1. The maximum Gasteiger partial charge on any atom is 0.0385 e. The van der Waals surface area contributed by atoms with Gasteiger partial charge in [-0.1, -0.05) is 56.5 Å². The van der Waals surface area contributed by atoms with Crippen molar-refractivity contribution in [3.8, 4) is 0 Å². The van der Waals surface area contributed by atoms with Crippen molar-refractivity contribution < 1.29 is 0 Å². The maximum absolute atomic E-state index is 6.11. The number of hydrogen-bond donors (Lipinski definition) is 1. The van der Waals surface area contributed by atoms with Gasteiger partial charge in [-0.2, -0.15) is 0 Å². The molecule has 1 rings (SSSR count). The number of nitrogens with two attached hydrogens (primary N) is 1. The highest BCUT2D eigenvalue weighted by Crippen LogP contribution is 2.14. The van der Waals surface area contributed by atoms with E-state index in [4.69, 9.17) is 5.73 Å². The molecule has 0 aliphatic rings. The largest absolute Gasteiger partial charge is 0.324 e. The van der Waals surface area contributed by atoms with Crippen LogP contribution in [-0.4, -0.2) is 12.8 Å². The molecule has 0 fully saturated rings. The first-order valence-electron chi connectivity index (χ1n) is 7.13. The number of nitrogens with zero attached hydrogens (tertiary/aromatic N) is 1. The second-order valence-corrected chi connectivity index (χ2v) is 4.74. The molecule has 2 nitrogen and oxygen atoms in total. The normalized spacial score (nSPS) is 13.0. The molecule has 0 amide bonds. The summed E-state index contributed by atoms with van der Waals surface area (Å²) in [6.45, 7) is 3.20. The first kappa shape index (κ1) is 14.9. The van der Waals surface area contributed by atoms with Crippen LogP contribution in [0.15, 0.2) is 35.3 Å². The zero-order chi connectivity index (χ0) is 13.1. The minimum atomic E-state index is 0.137. The number of aliphatic imine (C=N–C) groups is 1. The standard InChI is InChI=1S/C16H26N2/c1-2-3-4-8-13-18-14-9-12-16(17)15-10-6-5-7-11-15/h5-7,10-11,14,16H,2-4,8-9,12-13,17H2,1H3. The Kier molecular flexibility index (Phi) is 8.15. The molecule has 0 heterocycles. The van der Waals surface area contributed by atoms with E-state index < -0.39 is 0 Å². The third kappa shape index (κ3) is 6.55. The highest BCUT2D eigenvalue weighted by molar-refractivity contribution is 5.57. The Hall–Kier alpha value is -1.15. The van der Waals surface area contributed by atoms with Gasteiger partial charge in [-0.15, -0.1) is 0 Å². The molecular formula is C16H26N2. The van der Waals surface area contributed by atoms with Crippen molar-refractivity contribution >= 4 is 6.21 Å². The van der Waals surface area contributed by atoms with Crippen LogP contribution in [0.4, 0.5) is 0 Å². The van der Waals surface area contributed by atoms with Gasteiger partial charge in [0.05, 0.1) is 0 Å². The van der Waals surface area contributed by atoms with Crippen molar-refractivity contribution in [2.45, 2.75) is 51.5 Å². The minimum absolute atomic E-state index is 0.137. The van der Waals surface area contributed by atoms with Gasteiger partial charge >= 0.3 is 0 Å². The Labute approximate surface area is 111 Å². The number of benzene rings is 1. The predicted octanol–water partition coefficient (Wildman–Crippen LogP) is 4.12. The van der Waals surface area contributed by atoms with E-state index in [1.807, 2.05) is 24.4 Å². The first-order chi connectivity index (χ1) is 8.84. The fourth-order valence-electron chi connectivity index (χ4n) is 1.93. The smallest absolute Gasteiger partial charge is 0.0385 e. The second kappa shape index (κ2) is 9.84. The predicted molar refractivity (Wildman–Crippen MR) is 80.1 cm³/mol. The fraction of sp³-hybridized carbons (Fsp3) is 0.562. The third-order valence-corrected chi connectivity index (χ3v) is 3.10. The van der Waals surface area contributed by atoms with Crippen LogP contribution < -0.4 is 5.73 Å². The van der Waals surface area contributed by atoms with Crippen LogP contribution in [0, 0.1) is 0 Å². The molecule has 0 saturated carbocycles. The molecule has 0 aromatic heterocycles. The fourth-order valence-corrected chi connectivity index (χ4v) is 1.93. The summed E-state index contributed by atoms with van der Waals surface area (Å²) < 4.78 is 0. The molecule has 100 valence electrons. The van der Waals surface area contributed by atoms with Crippen molar-refractivity contribution in [1.29, 1.82) is 0 Å². The van der Waals surface area contributed by atoms with Gasteiger partial charge in [-0.05, 0) is 31.0 Å². The highest BCUT2D eigenvalue weighted by atomic mass is 14.7. The van der Waals surface area contributed by atoms with Crippen molar-refractivity contribution in [2.75, 3.05) is 6.54 Å². The van der Waals surface area contributed by atoms with Crippen LogP contribution in [0.5, 0.6) is 0 Å². The van der Waals surface area contributed by atoms with Crippen molar-refractivity contribution in [2.24, 2.45) is 10.7 Å². The van der Waals surface area contributed by atoms with E-state index in [2.05, 4.69) is 24.0 Å². The van der Waals surface area contributed by atoms with Gasteiger partial charge in [0.25, 0.3) is 0 Å². The molecule has 0 bridgehead atoms. The van der Waals surface area contributed by atoms with Gasteiger partial charge in [0.2, 0.25) is 0 Å². The molecule has 0 aliphatic heterocycles. The molecule has 2 N–H and O–H groups in total. The van der Waals surface area contributed by atoms with Gasteiger partial charge in [0.15, 0.2) is 0 Å². The van der Waals surface area contributed by atoms with Crippen LogP contribution in [0.2, 0.25) is 0 Å². The zero-order valence-corrected chi connectivity index (χ0v) is 11.5. The topological polar surface area (TPSA) is 38.4 Å². The van der Waals surface area contributed by atoms with Crippen molar-refractivity contribution in [3.63, 3.8) is 0 Å². The highest BCUT2D eigenvalue weighted by Gasteiger charge is 2.02. The first-order valence-corrected chi connectivity index (χ1v) is 7.13. The Morgan fingerprint density at radius 3 is 2.67 bits per heavy atom. The van der Waals surface area contributed by atoms with Gasteiger partial charge in [-0.3, -0.25) is 4.99 Å². The van der Waals surface area contributed by atoms with Crippen LogP contribution in [0.1, 0.15) is 57.1 Å². The van der Waals surface area contributed by atoms with E-state index >= 15 is 0 Å². The third-order valence-electron chi connectivity index (χ3n) is 3.10. The Bertz CT molecular complexity index is 319. The molecule has 1 aromatic carbocycles. The maximum atomic E-state index is 6.11. The summed E-state index contributed by atoms with van der Waals surface area (Å²) in [5.74, 6) is 0. The Balaban J connectivity index is 2.08. The average Bonchev–Trinajstić information content (AvgIpc) is 2.42. The molecular weight excluding hydrogens is 220 g/mol. The van der Waals surface area contributed by atoms with E-state index in [0.717, 1.165) is 19.4 Å². The van der Waals surface area contributed by atoms with Crippen LogP contribution in [0.3, 0.4) is 0 Å². The van der Waals surface area contributed by atoms with E-state index in [0.29, 0.717) is 0 Å². The Morgan fingerprint density at radius 1 is 1.17 bits per heavy atom. The van der Waals surface area contributed by atoms with Gasteiger partial charge in [0, 0.05) is 12.6 Å². The summed E-state index contributed by atoms with van der Waals surface area (Å²) >= 11 is 0.